The van der Waals surface area contributed by atoms with E-state index in [0.717, 1.165) is 55.2 Å². The summed E-state index contributed by atoms with van der Waals surface area (Å²) in [7, 11) is 0. The third-order valence-corrected chi connectivity index (χ3v) is 11.2. The predicted octanol–water partition coefficient (Wildman–Crippen LogP) is 12.9. The first-order valence-electron chi connectivity index (χ1n) is 18.9. The highest BCUT2D eigenvalue weighted by Crippen LogP contribution is 2.45. The number of hydrogen-bond donors (Lipinski definition) is 0. The van der Waals surface area contributed by atoms with Gasteiger partial charge < -0.3 is 4.57 Å². The van der Waals surface area contributed by atoms with Gasteiger partial charge in [-0.25, -0.2) is 4.90 Å². The number of anilines is 1. The zero-order chi connectivity index (χ0) is 37.9. The van der Waals surface area contributed by atoms with Crippen LogP contribution in [0.25, 0.3) is 72.0 Å². The molecule has 8 aromatic carbocycles. The second-order valence-corrected chi connectivity index (χ2v) is 14.5. The van der Waals surface area contributed by atoms with Crippen molar-refractivity contribution in [3.8, 4) is 50.2 Å². The minimum atomic E-state index is -0.343. The number of fused-ring (bicyclic) bond motifs is 4. The van der Waals surface area contributed by atoms with Crippen molar-refractivity contribution in [2.75, 3.05) is 4.90 Å². The summed E-state index contributed by atoms with van der Waals surface area (Å²) in [6, 6.07) is 61.6. The molecule has 266 valence electrons. The molecule has 0 bridgehead atoms. The molecule has 0 atom stereocenters. The lowest BCUT2D eigenvalue weighted by Gasteiger charge is -2.23. The van der Waals surface area contributed by atoms with E-state index in [0.29, 0.717) is 22.5 Å². The highest BCUT2D eigenvalue weighted by Gasteiger charge is 2.41. The summed E-state index contributed by atoms with van der Waals surface area (Å²) in [6.07, 6.45) is 0. The van der Waals surface area contributed by atoms with Gasteiger partial charge in [0.25, 0.3) is 11.8 Å². The fourth-order valence-electron chi connectivity index (χ4n) is 8.55. The molecule has 2 heterocycles. The van der Waals surface area contributed by atoms with Crippen molar-refractivity contribution in [2.24, 2.45) is 0 Å². The third-order valence-electron chi connectivity index (χ3n) is 11.2. The molecule has 4 nitrogen and oxygen atoms in total. The molecule has 2 amide bonds. The van der Waals surface area contributed by atoms with Gasteiger partial charge in [0.1, 0.15) is 0 Å². The molecule has 0 N–H and O–H groups in total. The Labute approximate surface area is 325 Å². The van der Waals surface area contributed by atoms with Crippen LogP contribution in [0.15, 0.2) is 182 Å². The number of imide groups is 1. The number of benzene rings is 8. The van der Waals surface area contributed by atoms with Crippen molar-refractivity contribution in [2.45, 2.75) is 13.8 Å². The van der Waals surface area contributed by atoms with Gasteiger partial charge in [0, 0.05) is 21.9 Å². The van der Waals surface area contributed by atoms with Crippen molar-refractivity contribution in [1.82, 2.24) is 4.57 Å². The van der Waals surface area contributed by atoms with Gasteiger partial charge in [0.2, 0.25) is 0 Å². The molecule has 56 heavy (non-hydrogen) atoms. The molecule has 0 aliphatic carbocycles. The van der Waals surface area contributed by atoms with Gasteiger partial charge in [-0.05, 0) is 94.8 Å². The number of aromatic nitrogens is 1. The normalized spacial score (nSPS) is 12.5. The highest BCUT2D eigenvalue weighted by atomic mass is 16.2. The van der Waals surface area contributed by atoms with Gasteiger partial charge >= 0.3 is 0 Å². The number of amides is 2. The van der Waals surface area contributed by atoms with Crippen molar-refractivity contribution in [3.63, 3.8) is 0 Å². The minimum absolute atomic E-state index is 0.336. The molecule has 0 unspecified atom stereocenters. The first kappa shape index (κ1) is 33.3. The average molecular weight is 721 g/mol. The maximum atomic E-state index is 15.2. The standard InChI is InChI=1S/C52H36N2O2/c1-33-15-9-11-21-39(33)37-27-29-46-44(31-37)45-32-38(40-22-12-10-16-34(40)2)28-30-47(45)53(46)48-26-14-25-43-49(48)52(56)54(51(43)55)50-41(35-17-5-3-6-18-35)23-13-24-42(50)36-19-7-4-8-20-36/h3-32H,1-2H3. The van der Waals surface area contributed by atoms with E-state index in [1.54, 1.807) is 6.07 Å². The molecule has 1 aromatic heterocycles. The number of aryl methyl sites for hydroxylation is 2. The van der Waals surface area contributed by atoms with Gasteiger partial charge in [-0.3, -0.25) is 9.59 Å². The van der Waals surface area contributed by atoms with Gasteiger partial charge in [-0.2, -0.15) is 0 Å². The molecule has 1 aliphatic rings. The molecular formula is C52H36N2O2. The number of carbonyl (C=O) groups excluding carboxylic acids is 2. The molecule has 0 saturated carbocycles. The summed E-state index contributed by atoms with van der Waals surface area (Å²) < 4.78 is 2.17. The Kier molecular flexibility index (Phi) is 7.86. The van der Waals surface area contributed by atoms with Gasteiger partial charge in [-0.15, -0.1) is 0 Å². The van der Waals surface area contributed by atoms with Crippen molar-refractivity contribution in [3.05, 3.63) is 204 Å². The molecule has 1 aliphatic heterocycles. The Hall–Kier alpha value is -7.30. The summed E-state index contributed by atoms with van der Waals surface area (Å²) in [4.78, 5) is 31.4. The number of carbonyl (C=O) groups is 2. The molecule has 10 rings (SSSR count). The van der Waals surface area contributed by atoms with Crippen molar-refractivity contribution in [1.29, 1.82) is 0 Å². The number of para-hydroxylation sites is 1. The lowest BCUT2D eigenvalue weighted by molar-refractivity contribution is 0.0926. The van der Waals surface area contributed by atoms with Crippen LogP contribution in [0.1, 0.15) is 31.8 Å². The van der Waals surface area contributed by atoms with Gasteiger partial charge in [0.15, 0.2) is 0 Å². The fourth-order valence-corrected chi connectivity index (χ4v) is 8.55. The van der Waals surface area contributed by atoms with Crippen LogP contribution in [-0.4, -0.2) is 16.4 Å². The zero-order valence-corrected chi connectivity index (χ0v) is 31.0. The molecule has 0 fully saturated rings. The van der Waals surface area contributed by atoms with E-state index in [2.05, 4.69) is 103 Å². The molecule has 4 heteroatoms. The van der Waals surface area contributed by atoms with Crippen LogP contribution in [0.4, 0.5) is 5.69 Å². The van der Waals surface area contributed by atoms with E-state index in [1.165, 1.54) is 27.2 Å². The minimum Gasteiger partial charge on any atom is -0.308 e. The SMILES string of the molecule is Cc1ccccc1-c1ccc2c(c1)c1cc(-c3ccccc3C)ccc1n2-c1cccc2c1C(=O)N(c1c(-c3ccccc3)cccc1-c1ccccc1)C2=O. The topological polar surface area (TPSA) is 42.3 Å². The summed E-state index contributed by atoms with van der Waals surface area (Å²) >= 11 is 0. The zero-order valence-electron chi connectivity index (χ0n) is 31.0. The lowest BCUT2D eigenvalue weighted by atomic mass is 9.95. The number of nitrogens with zero attached hydrogens (tertiary/aromatic N) is 2. The lowest BCUT2D eigenvalue weighted by Crippen LogP contribution is -2.30. The first-order valence-corrected chi connectivity index (χ1v) is 18.9. The van der Waals surface area contributed by atoms with Crippen molar-refractivity contribution < 1.29 is 9.59 Å². The Morgan fingerprint density at radius 3 is 1.34 bits per heavy atom. The molecule has 9 aromatic rings. The second-order valence-electron chi connectivity index (χ2n) is 14.5. The second kappa shape index (κ2) is 13.2. The summed E-state index contributed by atoms with van der Waals surface area (Å²) in [5, 5.41) is 2.14. The van der Waals surface area contributed by atoms with E-state index in [1.807, 2.05) is 91.0 Å². The maximum Gasteiger partial charge on any atom is 0.268 e. The Bertz CT molecular complexity index is 2870. The Morgan fingerprint density at radius 2 is 0.821 bits per heavy atom. The van der Waals surface area contributed by atoms with Crippen molar-refractivity contribution >= 4 is 39.3 Å². The van der Waals surface area contributed by atoms with Crippen LogP contribution >= 0.6 is 0 Å². The maximum absolute atomic E-state index is 15.2. The molecule has 0 saturated heterocycles. The highest BCUT2D eigenvalue weighted by molar-refractivity contribution is 6.37. The van der Waals surface area contributed by atoms with Crippen LogP contribution < -0.4 is 4.90 Å². The third kappa shape index (κ3) is 5.22. The molecule has 0 radical (unpaired) electrons. The molecular weight excluding hydrogens is 685 g/mol. The summed E-state index contributed by atoms with van der Waals surface area (Å²) in [5.74, 6) is -0.680. The Balaban J connectivity index is 1.21. The predicted molar refractivity (Wildman–Crippen MR) is 230 cm³/mol. The number of hydrogen-bond acceptors (Lipinski definition) is 2. The van der Waals surface area contributed by atoms with Crippen LogP contribution in [0.2, 0.25) is 0 Å². The summed E-state index contributed by atoms with van der Waals surface area (Å²) in [6.45, 7) is 4.28. The summed E-state index contributed by atoms with van der Waals surface area (Å²) in [5.41, 5.74) is 14.4. The Morgan fingerprint density at radius 1 is 0.375 bits per heavy atom. The van der Waals surface area contributed by atoms with Crippen LogP contribution in [0.3, 0.4) is 0 Å². The van der Waals surface area contributed by atoms with E-state index in [-0.39, 0.29) is 11.8 Å². The first-order chi connectivity index (χ1) is 27.5. The quantitative estimate of drug-likeness (QED) is 0.161. The monoisotopic (exact) mass is 720 g/mol. The average Bonchev–Trinajstić information content (AvgIpc) is 3.70. The largest absolute Gasteiger partial charge is 0.308 e. The van der Waals surface area contributed by atoms with Crippen LogP contribution in [-0.2, 0) is 0 Å². The van der Waals surface area contributed by atoms with Crippen LogP contribution in [0, 0.1) is 13.8 Å². The number of rotatable bonds is 6. The van der Waals surface area contributed by atoms with E-state index in [4.69, 9.17) is 0 Å². The van der Waals surface area contributed by atoms with E-state index < -0.39 is 0 Å². The fraction of sp³-hybridized carbons (Fsp3) is 0.0385. The van der Waals surface area contributed by atoms with E-state index in [9.17, 15) is 4.79 Å². The molecule has 0 spiro atoms. The smallest absolute Gasteiger partial charge is 0.268 e. The van der Waals surface area contributed by atoms with Gasteiger partial charge in [-0.1, -0.05) is 146 Å². The van der Waals surface area contributed by atoms with Gasteiger partial charge in [0.05, 0.1) is 33.5 Å². The van der Waals surface area contributed by atoms with Crippen LogP contribution in [0.5, 0.6) is 0 Å². The van der Waals surface area contributed by atoms with E-state index >= 15 is 4.79 Å².